The molecule has 2 aromatic rings. The first-order valence-electron chi connectivity index (χ1n) is 8.52. The van der Waals surface area contributed by atoms with Crippen LogP contribution in [0.15, 0.2) is 42.6 Å². The molecular formula is C19H20FN3O3. The zero-order valence-electron chi connectivity index (χ0n) is 14.5. The first-order chi connectivity index (χ1) is 12.6. The summed E-state index contributed by atoms with van der Waals surface area (Å²) in [5.74, 6) is -0.821. The maximum absolute atomic E-state index is 14.0. The summed E-state index contributed by atoms with van der Waals surface area (Å²) in [4.78, 5) is 32.3. The molecule has 0 bridgehead atoms. The van der Waals surface area contributed by atoms with E-state index in [2.05, 4.69) is 4.98 Å². The van der Waals surface area contributed by atoms with Gasteiger partial charge in [-0.15, -0.1) is 0 Å². The first kappa shape index (κ1) is 17.8. The first-order valence-corrected chi connectivity index (χ1v) is 8.52. The lowest BCUT2D eigenvalue weighted by Crippen LogP contribution is -2.50. The Morgan fingerprint density at radius 1 is 1.08 bits per heavy atom. The third-order valence-corrected chi connectivity index (χ3v) is 4.22. The molecule has 2 amide bonds. The maximum Gasteiger partial charge on any atom is 0.272 e. The zero-order valence-corrected chi connectivity index (χ0v) is 14.5. The minimum Gasteiger partial charge on any atom is -0.491 e. The van der Waals surface area contributed by atoms with Crippen molar-refractivity contribution in [1.82, 2.24) is 14.8 Å². The second kappa shape index (κ2) is 7.95. The molecule has 0 radical (unpaired) electrons. The van der Waals surface area contributed by atoms with Crippen LogP contribution >= 0.6 is 0 Å². The van der Waals surface area contributed by atoms with Gasteiger partial charge in [0.15, 0.2) is 11.6 Å². The molecule has 136 valence electrons. The summed E-state index contributed by atoms with van der Waals surface area (Å²) in [7, 11) is 0. The van der Waals surface area contributed by atoms with Crippen molar-refractivity contribution in [2.45, 2.75) is 6.92 Å². The van der Waals surface area contributed by atoms with Gasteiger partial charge < -0.3 is 14.5 Å². The lowest BCUT2D eigenvalue weighted by Gasteiger charge is -2.34. The minimum atomic E-state index is -0.554. The number of pyridine rings is 1. The van der Waals surface area contributed by atoms with Gasteiger partial charge >= 0.3 is 0 Å². The Hall–Kier alpha value is -2.96. The van der Waals surface area contributed by atoms with Crippen molar-refractivity contribution in [2.75, 3.05) is 32.8 Å². The van der Waals surface area contributed by atoms with Crippen LogP contribution in [-0.2, 0) is 0 Å². The number of hydrogen-bond acceptors (Lipinski definition) is 4. The van der Waals surface area contributed by atoms with Gasteiger partial charge in [-0.3, -0.25) is 14.6 Å². The summed E-state index contributed by atoms with van der Waals surface area (Å²) in [6.45, 7) is 3.75. The molecule has 1 aromatic carbocycles. The van der Waals surface area contributed by atoms with Crippen molar-refractivity contribution >= 4 is 11.8 Å². The number of carbonyl (C=O) groups is 2. The molecule has 0 N–H and O–H groups in total. The van der Waals surface area contributed by atoms with E-state index in [-0.39, 0.29) is 23.1 Å². The fourth-order valence-corrected chi connectivity index (χ4v) is 2.85. The van der Waals surface area contributed by atoms with Crippen LogP contribution in [0.1, 0.15) is 27.8 Å². The van der Waals surface area contributed by atoms with E-state index in [1.807, 2.05) is 0 Å². The van der Waals surface area contributed by atoms with Gasteiger partial charge in [-0.1, -0.05) is 6.07 Å². The molecule has 0 unspecified atom stereocenters. The van der Waals surface area contributed by atoms with Gasteiger partial charge in [-0.25, -0.2) is 4.39 Å². The molecule has 0 aliphatic carbocycles. The summed E-state index contributed by atoms with van der Waals surface area (Å²) >= 11 is 0. The Morgan fingerprint density at radius 2 is 1.77 bits per heavy atom. The topological polar surface area (TPSA) is 62.7 Å². The predicted octanol–water partition coefficient (Wildman–Crippen LogP) is 2.22. The van der Waals surface area contributed by atoms with Crippen molar-refractivity contribution in [1.29, 1.82) is 0 Å². The van der Waals surface area contributed by atoms with Gasteiger partial charge in [-0.05, 0) is 37.3 Å². The monoisotopic (exact) mass is 357 g/mol. The molecule has 3 rings (SSSR count). The van der Waals surface area contributed by atoms with Crippen molar-refractivity contribution in [3.8, 4) is 5.75 Å². The molecule has 7 heteroatoms. The van der Waals surface area contributed by atoms with E-state index >= 15 is 0 Å². The van der Waals surface area contributed by atoms with Crippen LogP contribution in [0.3, 0.4) is 0 Å². The Balaban J connectivity index is 1.62. The Morgan fingerprint density at radius 3 is 2.35 bits per heavy atom. The van der Waals surface area contributed by atoms with Crippen LogP contribution in [0.25, 0.3) is 0 Å². The van der Waals surface area contributed by atoms with Crippen LogP contribution in [0.5, 0.6) is 5.75 Å². The van der Waals surface area contributed by atoms with Crippen LogP contribution in [0, 0.1) is 5.82 Å². The van der Waals surface area contributed by atoms with E-state index in [1.54, 1.807) is 47.2 Å². The molecule has 0 atom stereocenters. The number of nitrogens with zero attached hydrogens (tertiary/aromatic N) is 3. The Kier molecular flexibility index (Phi) is 5.46. The largest absolute Gasteiger partial charge is 0.491 e. The molecule has 1 aromatic heterocycles. The van der Waals surface area contributed by atoms with E-state index in [0.29, 0.717) is 38.5 Å². The summed E-state index contributed by atoms with van der Waals surface area (Å²) in [5, 5.41) is 0. The average Bonchev–Trinajstić information content (AvgIpc) is 2.69. The van der Waals surface area contributed by atoms with E-state index in [4.69, 9.17) is 4.74 Å². The number of ether oxygens (including phenoxy) is 1. The third-order valence-electron chi connectivity index (χ3n) is 4.22. The van der Waals surface area contributed by atoms with Gasteiger partial charge in [-0.2, -0.15) is 0 Å². The van der Waals surface area contributed by atoms with Crippen LogP contribution in [-0.4, -0.2) is 59.4 Å². The highest BCUT2D eigenvalue weighted by molar-refractivity contribution is 5.95. The number of amides is 2. The zero-order chi connectivity index (χ0) is 18.5. The fraction of sp³-hybridized carbons (Fsp3) is 0.316. The van der Waals surface area contributed by atoms with E-state index in [9.17, 15) is 14.0 Å². The number of aromatic nitrogens is 1. The normalized spacial score (nSPS) is 14.2. The van der Waals surface area contributed by atoms with E-state index in [0.717, 1.165) is 0 Å². The molecule has 6 nitrogen and oxygen atoms in total. The summed E-state index contributed by atoms with van der Waals surface area (Å²) in [6.07, 6.45) is 1.58. The van der Waals surface area contributed by atoms with Gasteiger partial charge in [0.2, 0.25) is 0 Å². The van der Waals surface area contributed by atoms with Crippen LogP contribution in [0.2, 0.25) is 0 Å². The summed E-state index contributed by atoms with van der Waals surface area (Å²) in [5.41, 5.74) is 0.663. The van der Waals surface area contributed by atoms with Crippen molar-refractivity contribution in [3.05, 3.63) is 59.7 Å². The van der Waals surface area contributed by atoms with E-state index in [1.165, 1.54) is 12.1 Å². The standard InChI is InChI=1S/C19H20FN3O3/c1-2-26-17-7-6-14(13-15(17)20)18(24)22-9-11-23(12-10-22)19(25)16-5-3-4-8-21-16/h3-8,13H,2,9-12H2,1H3. The number of halogens is 1. The number of carbonyl (C=O) groups excluding carboxylic acids is 2. The predicted molar refractivity (Wildman–Crippen MR) is 93.6 cm³/mol. The molecule has 1 aliphatic heterocycles. The number of benzene rings is 1. The SMILES string of the molecule is CCOc1ccc(C(=O)N2CCN(C(=O)c3ccccn3)CC2)cc1F. The molecule has 2 heterocycles. The second-order valence-electron chi connectivity index (χ2n) is 5.88. The summed E-state index contributed by atoms with van der Waals surface area (Å²) < 4.78 is 19.1. The van der Waals surface area contributed by atoms with E-state index < -0.39 is 5.82 Å². The second-order valence-corrected chi connectivity index (χ2v) is 5.88. The molecule has 1 saturated heterocycles. The highest BCUT2D eigenvalue weighted by Crippen LogP contribution is 2.20. The van der Waals surface area contributed by atoms with Crippen molar-refractivity contribution in [2.24, 2.45) is 0 Å². The van der Waals surface area contributed by atoms with Crippen molar-refractivity contribution < 1.29 is 18.7 Å². The molecule has 26 heavy (non-hydrogen) atoms. The average molecular weight is 357 g/mol. The highest BCUT2D eigenvalue weighted by Gasteiger charge is 2.26. The third kappa shape index (κ3) is 3.82. The lowest BCUT2D eigenvalue weighted by atomic mass is 10.1. The van der Waals surface area contributed by atoms with Gasteiger partial charge in [0.05, 0.1) is 6.61 Å². The van der Waals surface area contributed by atoms with Crippen LogP contribution in [0.4, 0.5) is 4.39 Å². The van der Waals surface area contributed by atoms with Crippen molar-refractivity contribution in [3.63, 3.8) is 0 Å². The summed E-state index contributed by atoms with van der Waals surface area (Å²) in [6, 6.07) is 9.40. The Bertz CT molecular complexity index is 790. The number of hydrogen-bond donors (Lipinski definition) is 0. The Labute approximate surface area is 151 Å². The quantitative estimate of drug-likeness (QED) is 0.842. The number of piperazine rings is 1. The maximum atomic E-state index is 14.0. The van der Waals surface area contributed by atoms with Crippen LogP contribution < -0.4 is 4.74 Å². The molecule has 0 spiro atoms. The highest BCUT2D eigenvalue weighted by atomic mass is 19.1. The lowest BCUT2D eigenvalue weighted by molar-refractivity contribution is 0.0532. The fourth-order valence-electron chi connectivity index (χ4n) is 2.85. The molecule has 0 saturated carbocycles. The van der Waals surface area contributed by atoms with Gasteiger partial charge in [0, 0.05) is 37.9 Å². The molecule has 1 aliphatic rings. The van der Waals surface area contributed by atoms with Gasteiger partial charge in [0.25, 0.3) is 11.8 Å². The number of rotatable bonds is 4. The molecule has 1 fully saturated rings. The van der Waals surface area contributed by atoms with Gasteiger partial charge in [0.1, 0.15) is 5.69 Å². The minimum absolute atomic E-state index is 0.134. The molecular weight excluding hydrogens is 337 g/mol. The smallest absolute Gasteiger partial charge is 0.272 e.